The third-order valence-electron chi connectivity index (χ3n) is 3.15. The van der Waals surface area contributed by atoms with Crippen LogP contribution in [0.5, 0.6) is 5.75 Å². The van der Waals surface area contributed by atoms with Gasteiger partial charge < -0.3 is 14.3 Å². The average molecular weight is 321 g/mol. The molecule has 0 radical (unpaired) electrons. The molecule has 0 bridgehead atoms. The number of rotatable bonds is 7. The highest BCUT2D eigenvalue weighted by Gasteiger charge is 2.19. The zero-order valence-corrected chi connectivity index (χ0v) is 12.7. The molecule has 22 heavy (non-hydrogen) atoms. The average Bonchev–Trinajstić information content (AvgIpc) is 2.53. The van der Waals surface area contributed by atoms with E-state index >= 15 is 0 Å². The monoisotopic (exact) mass is 321 g/mol. The van der Waals surface area contributed by atoms with Gasteiger partial charge in [-0.25, -0.2) is 13.1 Å². The number of methoxy groups -OCH3 is 1. The number of ether oxygens (including phenoxy) is 1. The lowest BCUT2D eigenvalue weighted by atomic mass is 10.1. The summed E-state index contributed by atoms with van der Waals surface area (Å²) in [5.74, 6) is 0.674. The van der Waals surface area contributed by atoms with Gasteiger partial charge in [0.15, 0.2) is 0 Å². The molecule has 2 rings (SSSR count). The van der Waals surface area contributed by atoms with Crippen molar-refractivity contribution in [3.63, 3.8) is 0 Å². The Labute approximate surface area is 128 Å². The summed E-state index contributed by atoms with van der Waals surface area (Å²) in [7, 11) is -2.32. The van der Waals surface area contributed by atoms with Gasteiger partial charge in [0.25, 0.3) is 0 Å². The van der Waals surface area contributed by atoms with Crippen molar-refractivity contribution in [3.8, 4) is 5.75 Å². The van der Waals surface area contributed by atoms with Gasteiger partial charge in [0.1, 0.15) is 18.3 Å². The number of nitrogens with one attached hydrogen (secondary N) is 1. The number of fused-ring (bicyclic) bond motifs is 1. The van der Waals surface area contributed by atoms with Crippen LogP contribution in [0.4, 0.5) is 0 Å². The Morgan fingerprint density at radius 3 is 2.45 bits per heavy atom. The molecule has 0 saturated carbocycles. The summed E-state index contributed by atoms with van der Waals surface area (Å²) in [5.41, 5.74) is 0. The molecule has 0 unspecified atom stereocenters. The van der Waals surface area contributed by atoms with Crippen LogP contribution < -0.4 is 9.46 Å². The molecule has 2 aromatic rings. The molecule has 2 aromatic carbocycles. The lowest BCUT2D eigenvalue weighted by Gasteiger charge is -2.11. The SMILES string of the molecule is COc1ccc2cc(S(=O)(=O)N[C@H](C=O)CC=O)ccc2c1. The maximum Gasteiger partial charge on any atom is 0.241 e. The summed E-state index contributed by atoms with van der Waals surface area (Å²) in [5, 5.41) is 1.56. The highest BCUT2D eigenvalue weighted by Crippen LogP contribution is 2.23. The summed E-state index contributed by atoms with van der Waals surface area (Å²) in [4.78, 5) is 21.2. The van der Waals surface area contributed by atoms with Gasteiger partial charge in [0.05, 0.1) is 18.0 Å². The Kier molecular flexibility index (Phi) is 4.89. The van der Waals surface area contributed by atoms with E-state index in [2.05, 4.69) is 4.72 Å². The van der Waals surface area contributed by atoms with Crippen LogP contribution in [0.25, 0.3) is 10.8 Å². The molecule has 0 aliphatic rings. The summed E-state index contributed by atoms with van der Waals surface area (Å²) < 4.78 is 31.8. The van der Waals surface area contributed by atoms with Crippen LogP contribution >= 0.6 is 0 Å². The van der Waals surface area contributed by atoms with E-state index in [1.54, 1.807) is 31.4 Å². The topological polar surface area (TPSA) is 89.5 Å². The van der Waals surface area contributed by atoms with Gasteiger partial charge in [-0.2, -0.15) is 0 Å². The molecular weight excluding hydrogens is 306 g/mol. The van der Waals surface area contributed by atoms with Crippen molar-refractivity contribution in [2.75, 3.05) is 7.11 Å². The van der Waals surface area contributed by atoms with Crippen LogP contribution in [0.2, 0.25) is 0 Å². The lowest BCUT2D eigenvalue weighted by molar-refractivity contribution is -0.113. The van der Waals surface area contributed by atoms with Crippen molar-refractivity contribution in [2.45, 2.75) is 17.4 Å². The molecule has 0 heterocycles. The maximum absolute atomic E-state index is 12.2. The van der Waals surface area contributed by atoms with Crippen LogP contribution in [-0.2, 0) is 19.6 Å². The Hall–Kier alpha value is -2.25. The quantitative estimate of drug-likeness (QED) is 0.776. The minimum Gasteiger partial charge on any atom is -0.497 e. The van der Waals surface area contributed by atoms with Crippen molar-refractivity contribution >= 4 is 33.4 Å². The number of sulfonamides is 1. The molecule has 0 aliphatic carbocycles. The first-order chi connectivity index (χ1) is 10.5. The predicted molar refractivity (Wildman–Crippen MR) is 81.4 cm³/mol. The standard InChI is InChI=1S/C15H15NO5S/c1-21-14-4-2-12-9-15(5-3-11(12)8-14)22(19,20)16-13(10-18)6-7-17/h2-5,7-10,13,16H,6H2,1H3/t13-/m0/s1. The molecular formula is C15H15NO5S. The minimum absolute atomic E-state index is 0.0305. The van der Waals surface area contributed by atoms with Gasteiger partial charge >= 0.3 is 0 Å². The van der Waals surface area contributed by atoms with Gasteiger partial charge in [-0.05, 0) is 35.0 Å². The highest BCUT2D eigenvalue weighted by molar-refractivity contribution is 7.89. The summed E-state index contributed by atoms with van der Waals surface area (Å²) in [6, 6.07) is 8.80. The van der Waals surface area contributed by atoms with E-state index in [0.29, 0.717) is 18.3 Å². The Morgan fingerprint density at radius 2 is 1.82 bits per heavy atom. The largest absolute Gasteiger partial charge is 0.497 e. The number of carbonyl (C=O) groups is 2. The lowest BCUT2D eigenvalue weighted by Crippen LogP contribution is -2.36. The van der Waals surface area contributed by atoms with Gasteiger partial charge in [0.2, 0.25) is 10.0 Å². The second-order valence-corrected chi connectivity index (χ2v) is 6.36. The smallest absolute Gasteiger partial charge is 0.241 e. The van der Waals surface area contributed by atoms with E-state index in [1.807, 2.05) is 0 Å². The van der Waals surface area contributed by atoms with Gasteiger partial charge in [-0.15, -0.1) is 0 Å². The highest BCUT2D eigenvalue weighted by atomic mass is 32.2. The zero-order chi connectivity index (χ0) is 16.2. The number of benzene rings is 2. The van der Waals surface area contributed by atoms with Crippen molar-refractivity contribution in [1.82, 2.24) is 4.72 Å². The van der Waals surface area contributed by atoms with Crippen LogP contribution in [0, 0.1) is 0 Å². The molecule has 0 fully saturated rings. The van der Waals surface area contributed by atoms with Crippen molar-refractivity contribution in [1.29, 1.82) is 0 Å². The van der Waals surface area contributed by atoms with Crippen LogP contribution in [0.1, 0.15) is 6.42 Å². The molecule has 0 aliphatic heterocycles. The number of aldehydes is 2. The van der Waals surface area contributed by atoms with Crippen LogP contribution in [0.3, 0.4) is 0 Å². The molecule has 1 N–H and O–H groups in total. The predicted octanol–water partition coefficient (Wildman–Crippen LogP) is 1.28. The first-order valence-electron chi connectivity index (χ1n) is 6.49. The minimum atomic E-state index is -3.87. The van der Waals surface area contributed by atoms with E-state index in [4.69, 9.17) is 4.74 Å². The number of carbonyl (C=O) groups excluding carboxylic acids is 2. The summed E-state index contributed by atoms with van der Waals surface area (Å²) >= 11 is 0. The van der Waals surface area contributed by atoms with Gasteiger partial charge in [-0.1, -0.05) is 12.1 Å². The zero-order valence-electron chi connectivity index (χ0n) is 11.9. The molecule has 0 spiro atoms. The van der Waals surface area contributed by atoms with E-state index in [-0.39, 0.29) is 11.3 Å². The molecule has 0 saturated heterocycles. The third-order valence-corrected chi connectivity index (χ3v) is 4.64. The second kappa shape index (κ2) is 6.67. The Morgan fingerprint density at radius 1 is 1.14 bits per heavy atom. The molecule has 116 valence electrons. The molecule has 0 amide bonds. The first kappa shape index (κ1) is 16.1. The van der Waals surface area contributed by atoms with Crippen LogP contribution in [0.15, 0.2) is 41.3 Å². The van der Waals surface area contributed by atoms with Crippen molar-refractivity contribution < 1.29 is 22.7 Å². The van der Waals surface area contributed by atoms with Crippen molar-refractivity contribution in [2.24, 2.45) is 0 Å². The molecule has 6 nitrogen and oxygen atoms in total. The van der Waals surface area contributed by atoms with Gasteiger partial charge in [0, 0.05) is 6.42 Å². The Balaban J connectivity index is 2.36. The number of hydrogen-bond donors (Lipinski definition) is 1. The fourth-order valence-corrected chi connectivity index (χ4v) is 3.21. The third kappa shape index (κ3) is 3.49. The normalized spacial score (nSPS) is 12.8. The molecule has 7 heteroatoms. The fourth-order valence-electron chi connectivity index (χ4n) is 2.00. The van der Waals surface area contributed by atoms with E-state index < -0.39 is 16.1 Å². The molecule has 0 aromatic heterocycles. The first-order valence-corrected chi connectivity index (χ1v) is 7.97. The second-order valence-electron chi connectivity index (χ2n) is 4.64. The molecule has 1 atom stereocenters. The van der Waals surface area contributed by atoms with Gasteiger partial charge in [-0.3, -0.25) is 0 Å². The number of hydrogen-bond acceptors (Lipinski definition) is 5. The van der Waals surface area contributed by atoms with E-state index in [1.165, 1.54) is 12.1 Å². The van der Waals surface area contributed by atoms with Crippen LogP contribution in [-0.4, -0.2) is 34.1 Å². The van der Waals surface area contributed by atoms with E-state index in [9.17, 15) is 18.0 Å². The summed E-state index contributed by atoms with van der Waals surface area (Å²) in [6.45, 7) is 0. The maximum atomic E-state index is 12.2. The fraction of sp³-hybridized carbons (Fsp3) is 0.200. The Bertz CT molecular complexity index is 801. The van der Waals surface area contributed by atoms with Crippen molar-refractivity contribution in [3.05, 3.63) is 36.4 Å². The summed E-state index contributed by atoms with van der Waals surface area (Å²) in [6.07, 6.45) is 0.694. The van der Waals surface area contributed by atoms with E-state index in [0.717, 1.165) is 10.8 Å².